The van der Waals surface area contributed by atoms with Gasteiger partial charge in [-0.2, -0.15) is 0 Å². The Balaban J connectivity index is 2.36. The zero-order chi connectivity index (χ0) is 7.68. The fourth-order valence-electron chi connectivity index (χ4n) is 1.21. The highest BCUT2D eigenvalue weighted by Crippen LogP contribution is 2.18. The Bertz CT molecular complexity index is 308. The summed E-state index contributed by atoms with van der Waals surface area (Å²) in [6.07, 6.45) is 10.2. The standard InChI is InChI=1S/C9H7NO/c11-6-7-1-2-8-3-4-10-9(8)5-7/h1-6,8H/t8-/m0/s1. The zero-order valence-electron chi connectivity index (χ0n) is 5.90. The lowest BCUT2D eigenvalue weighted by molar-refractivity contribution is -0.104. The number of aldehydes is 1. The predicted octanol–water partition coefficient (Wildman–Crippen LogP) is 1.27. The van der Waals surface area contributed by atoms with Crippen LogP contribution in [0.5, 0.6) is 0 Å². The smallest absolute Gasteiger partial charge is 0.150 e. The second-order valence-electron chi connectivity index (χ2n) is 2.54. The molecular weight excluding hydrogens is 138 g/mol. The normalized spacial score (nSPS) is 26.0. The van der Waals surface area contributed by atoms with Crippen molar-refractivity contribution in [1.29, 1.82) is 0 Å². The Morgan fingerprint density at radius 3 is 3.18 bits per heavy atom. The summed E-state index contributed by atoms with van der Waals surface area (Å²) in [6, 6.07) is 0. The van der Waals surface area contributed by atoms with Crippen molar-refractivity contribution in [2.45, 2.75) is 0 Å². The first kappa shape index (κ1) is 6.28. The summed E-state index contributed by atoms with van der Waals surface area (Å²) in [4.78, 5) is 14.5. The second kappa shape index (κ2) is 2.31. The monoisotopic (exact) mass is 145 g/mol. The van der Waals surface area contributed by atoms with Crippen LogP contribution in [0.15, 0.2) is 41.1 Å². The van der Waals surface area contributed by atoms with E-state index in [1.165, 1.54) is 0 Å². The fourth-order valence-corrected chi connectivity index (χ4v) is 1.21. The molecule has 0 spiro atoms. The molecule has 1 aliphatic heterocycles. The van der Waals surface area contributed by atoms with E-state index in [-0.39, 0.29) is 0 Å². The quantitative estimate of drug-likeness (QED) is 0.511. The van der Waals surface area contributed by atoms with E-state index in [1.807, 2.05) is 24.3 Å². The van der Waals surface area contributed by atoms with Gasteiger partial charge >= 0.3 is 0 Å². The molecule has 0 aromatic rings. The van der Waals surface area contributed by atoms with E-state index in [4.69, 9.17) is 0 Å². The third-order valence-electron chi connectivity index (χ3n) is 1.81. The van der Waals surface area contributed by atoms with E-state index in [0.29, 0.717) is 11.5 Å². The van der Waals surface area contributed by atoms with Gasteiger partial charge in [-0.05, 0) is 6.08 Å². The van der Waals surface area contributed by atoms with Crippen molar-refractivity contribution in [3.05, 3.63) is 36.1 Å². The number of rotatable bonds is 1. The van der Waals surface area contributed by atoms with E-state index in [9.17, 15) is 4.79 Å². The summed E-state index contributed by atoms with van der Waals surface area (Å²) < 4.78 is 0. The lowest BCUT2D eigenvalue weighted by Gasteiger charge is -2.07. The largest absolute Gasteiger partial charge is 0.298 e. The number of fused-ring (bicyclic) bond motifs is 1. The number of nitrogens with zero attached hydrogens (tertiary/aromatic N) is 1. The number of carbonyl (C=O) groups excluding carboxylic acids is 1. The number of aliphatic imine (C=N–C) groups is 1. The topological polar surface area (TPSA) is 29.4 Å². The molecule has 54 valence electrons. The van der Waals surface area contributed by atoms with Crippen molar-refractivity contribution < 1.29 is 4.79 Å². The van der Waals surface area contributed by atoms with Crippen LogP contribution in [0, 0.1) is 5.92 Å². The first-order chi connectivity index (χ1) is 5.40. The number of hydrogen-bond donors (Lipinski definition) is 0. The molecule has 2 aliphatic rings. The average Bonchev–Trinajstić information content (AvgIpc) is 2.50. The Kier molecular flexibility index (Phi) is 1.32. The Hall–Kier alpha value is -1.44. The maximum atomic E-state index is 10.4. The van der Waals surface area contributed by atoms with Crippen LogP contribution in [-0.4, -0.2) is 12.0 Å². The molecule has 0 aromatic carbocycles. The first-order valence-electron chi connectivity index (χ1n) is 3.49. The SMILES string of the molecule is O=CC1=CC2=NC=C[C@@H]2C=C1. The van der Waals surface area contributed by atoms with Crippen LogP contribution in [0.3, 0.4) is 0 Å². The van der Waals surface area contributed by atoms with Crippen molar-refractivity contribution >= 4 is 12.0 Å². The van der Waals surface area contributed by atoms with Crippen LogP contribution >= 0.6 is 0 Å². The molecule has 1 heterocycles. The Morgan fingerprint density at radius 1 is 1.45 bits per heavy atom. The molecule has 1 atom stereocenters. The Morgan fingerprint density at radius 2 is 2.36 bits per heavy atom. The van der Waals surface area contributed by atoms with Gasteiger partial charge in [0.25, 0.3) is 0 Å². The molecule has 0 N–H and O–H groups in total. The van der Waals surface area contributed by atoms with Gasteiger partial charge in [-0.1, -0.05) is 18.2 Å². The molecule has 11 heavy (non-hydrogen) atoms. The molecule has 1 aliphatic carbocycles. The molecule has 0 saturated heterocycles. The summed E-state index contributed by atoms with van der Waals surface area (Å²) in [7, 11) is 0. The van der Waals surface area contributed by atoms with Crippen LogP contribution in [0.1, 0.15) is 0 Å². The van der Waals surface area contributed by atoms with E-state index in [1.54, 1.807) is 6.20 Å². The molecule has 0 fully saturated rings. The number of carbonyl (C=O) groups is 1. The number of hydrogen-bond acceptors (Lipinski definition) is 2. The zero-order valence-corrected chi connectivity index (χ0v) is 5.90. The molecule has 2 rings (SSSR count). The predicted molar refractivity (Wildman–Crippen MR) is 43.4 cm³/mol. The van der Waals surface area contributed by atoms with Crippen molar-refractivity contribution in [3.63, 3.8) is 0 Å². The molecular formula is C9H7NO. The highest BCUT2D eigenvalue weighted by Gasteiger charge is 2.15. The van der Waals surface area contributed by atoms with Crippen LogP contribution < -0.4 is 0 Å². The van der Waals surface area contributed by atoms with Crippen LogP contribution in [0.25, 0.3) is 0 Å². The minimum Gasteiger partial charge on any atom is -0.298 e. The van der Waals surface area contributed by atoms with E-state index in [2.05, 4.69) is 4.99 Å². The first-order valence-corrected chi connectivity index (χ1v) is 3.49. The van der Waals surface area contributed by atoms with Gasteiger partial charge in [-0.15, -0.1) is 0 Å². The molecule has 0 saturated carbocycles. The van der Waals surface area contributed by atoms with Crippen molar-refractivity contribution in [1.82, 2.24) is 0 Å². The molecule has 0 unspecified atom stereocenters. The lowest BCUT2D eigenvalue weighted by Crippen LogP contribution is -2.08. The van der Waals surface area contributed by atoms with Gasteiger partial charge < -0.3 is 0 Å². The highest BCUT2D eigenvalue weighted by atomic mass is 16.1. The van der Waals surface area contributed by atoms with Gasteiger partial charge in [-0.3, -0.25) is 9.79 Å². The van der Waals surface area contributed by atoms with Crippen LogP contribution in [0.4, 0.5) is 0 Å². The van der Waals surface area contributed by atoms with E-state index < -0.39 is 0 Å². The summed E-state index contributed by atoms with van der Waals surface area (Å²) in [6.45, 7) is 0. The number of allylic oxidation sites excluding steroid dienone is 5. The molecule has 0 bridgehead atoms. The van der Waals surface area contributed by atoms with Gasteiger partial charge in [0, 0.05) is 17.7 Å². The van der Waals surface area contributed by atoms with Crippen molar-refractivity contribution in [2.75, 3.05) is 0 Å². The van der Waals surface area contributed by atoms with Gasteiger partial charge in [0.1, 0.15) is 6.29 Å². The average molecular weight is 145 g/mol. The second-order valence-corrected chi connectivity index (χ2v) is 2.54. The van der Waals surface area contributed by atoms with E-state index >= 15 is 0 Å². The maximum absolute atomic E-state index is 10.4. The molecule has 0 aromatic heterocycles. The summed E-state index contributed by atoms with van der Waals surface area (Å²) in [5.74, 6) is 0.304. The minimum atomic E-state index is 0.304. The third-order valence-corrected chi connectivity index (χ3v) is 1.81. The van der Waals surface area contributed by atoms with Gasteiger partial charge in [0.15, 0.2) is 0 Å². The van der Waals surface area contributed by atoms with Crippen molar-refractivity contribution in [2.24, 2.45) is 10.9 Å². The summed E-state index contributed by atoms with van der Waals surface area (Å²) in [5, 5.41) is 0. The third kappa shape index (κ3) is 0.963. The van der Waals surface area contributed by atoms with Gasteiger partial charge in [-0.25, -0.2) is 0 Å². The molecule has 2 nitrogen and oxygen atoms in total. The van der Waals surface area contributed by atoms with Crippen LogP contribution in [0.2, 0.25) is 0 Å². The summed E-state index contributed by atoms with van der Waals surface area (Å²) in [5.41, 5.74) is 1.67. The molecule has 0 radical (unpaired) electrons. The molecule has 0 amide bonds. The van der Waals surface area contributed by atoms with Crippen LogP contribution in [-0.2, 0) is 4.79 Å². The van der Waals surface area contributed by atoms with Gasteiger partial charge in [0.05, 0.1) is 5.71 Å². The minimum absolute atomic E-state index is 0.304. The molecule has 2 heteroatoms. The Labute approximate surface area is 64.6 Å². The highest BCUT2D eigenvalue weighted by molar-refractivity contribution is 6.06. The van der Waals surface area contributed by atoms with Gasteiger partial charge in [0.2, 0.25) is 0 Å². The summed E-state index contributed by atoms with van der Waals surface area (Å²) >= 11 is 0. The fraction of sp³-hybridized carbons (Fsp3) is 0.111. The van der Waals surface area contributed by atoms with Crippen molar-refractivity contribution in [3.8, 4) is 0 Å². The maximum Gasteiger partial charge on any atom is 0.150 e. The van der Waals surface area contributed by atoms with E-state index in [0.717, 1.165) is 12.0 Å². The lowest BCUT2D eigenvalue weighted by atomic mass is 9.96.